The predicted molar refractivity (Wildman–Crippen MR) is 91.7 cm³/mol. The van der Waals surface area contributed by atoms with Crippen molar-refractivity contribution >= 4 is 33.1 Å². The van der Waals surface area contributed by atoms with Gasteiger partial charge in [-0.15, -0.1) is 11.3 Å². The maximum atomic E-state index is 12.5. The SMILES string of the molecule is CCSCC(C)NS(=O)(=O)c1cc(CNC2CC2)sc1C. The Morgan fingerprint density at radius 2 is 2.19 bits per heavy atom. The molecule has 7 heteroatoms. The molecule has 0 bridgehead atoms. The van der Waals surface area contributed by atoms with Gasteiger partial charge in [0.2, 0.25) is 10.0 Å². The highest BCUT2D eigenvalue weighted by Crippen LogP contribution is 2.27. The number of sulfonamides is 1. The van der Waals surface area contributed by atoms with Crippen LogP contribution in [0.4, 0.5) is 0 Å². The summed E-state index contributed by atoms with van der Waals surface area (Å²) >= 11 is 3.31. The van der Waals surface area contributed by atoms with Crippen molar-refractivity contribution in [1.29, 1.82) is 0 Å². The van der Waals surface area contributed by atoms with Gasteiger partial charge in [0.15, 0.2) is 0 Å². The minimum atomic E-state index is -3.40. The second-order valence-electron chi connectivity index (χ2n) is 5.47. The van der Waals surface area contributed by atoms with Crippen LogP contribution in [0.1, 0.15) is 36.4 Å². The van der Waals surface area contributed by atoms with E-state index in [1.807, 2.05) is 19.9 Å². The summed E-state index contributed by atoms with van der Waals surface area (Å²) in [6.07, 6.45) is 2.48. The van der Waals surface area contributed by atoms with Crippen LogP contribution < -0.4 is 10.0 Å². The molecule has 1 fully saturated rings. The maximum Gasteiger partial charge on any atom is 0.241 e. The Hall–Kier alpha value is -0.0800. The Balaban J connectivity index is 2.00. The molecule has 21 heavy (non-hydrogen) atoms. The lowest BCUT2D eigenvalue weighted by atomic mass is 10.4. The van der Waals surface area contributed by atoms with Crippen LogP contribution in [0.5, 0.6) is 0 Å². The number of thioether (sulfide) groups is 1. The first kappa shape index (κ1) is 17.3. The van der Waals surface area contributed by atoms with E-state index in [1.165, 1.54) is 12.8 Å². The van der Waals surface area contributed by atoms with Gasteiger partial charge in [-0.05, 0) is 38.5 Å². The van der Waals surface area contributed by atoms with Crippen molar-refractivity contribution in [3.05, 3.63) is 15.8 Å². The molecule has 0 aliphatic heterocycles. The second kappa shape index (κ2) is 7.46. The van der Waals surface area contributed by atoms with Gasteiger partial charge < -0.3 is 5.32 Å². The van der Waals surface area contributed by atoms with E-state index < -0.39 is 10.0 Å². The summed E-state index contributed by atoms with van der Waals surface area (Å²) in [4.78, 5) is 2.40. The molecule has 1 unspecified atom stereocenters. The average molecular weight is 349 g/mol. The van der Waals surface area contributed by atoms with E-state index in [1.54, 1.807) is 23.1 Å². The fourth-order valence-electron chi connectivity index (χ4n) is 2.07. The van der Waals surface area contributed by atoms with Crippen LogP contribution in [-0.4, -0.2) is 32.0 Å². The Labute approximate surface area is 136 Å². The largest absolute Gasteiger partial charge is 0.309 e. The first-order valence-electron chi connectivity index (χ1n) is 7.35. The zero-order valence-electron chi connectivity index (χ0n) is 12.8. The normalized spacial score (nSPS) is 17.1. The lowest BCUT2D eigenvalue weighted by molar-refractivity contribution is 0.571. The minimum absolute atomic E-state index is 0.0488. The van der Waals surface area contributed by atoms with Crippen molar-refractivity contribution in [3.63, 3.8) is 0 Å². The first-order chi connectivity index (χ1) is 9.92. The molecule has 120 valence electrons. The molecule has 1 aromatic heterocycles. The van der Waals surface area contributed by atoms with Crippen molar-refractivity contribution in [2.75, 3.05) is 11.5 Å². The van der Waals surface area contributed by atoms with Gasteiger partial charge >= 0.3 is 0 Å². The summed E-state index contributed by atoms with van der Waals surface area (Å²) in [6.45, 7) is 6.64. The van der Waals surface area contributed by atoms with Gasteiger partial charge in [-0.1, -0.05) is 6.92 Å². The quantitative estimate of drug-likeness (QED) is 0.720. The van der Waals surface area contributed by atoms with Gasteiger partial charge in [0.25, 0.3) is 0 Å². The minimum Gasteiger partial charge on any atom is -0.309 e. The molecule has 0 amide bonds. The molecule has 1 aliphatic rings. The van der Waals surface area contributed by atoms with Crippen molar-refractivity contribution in [1.82, 2.24) is 10.0 Å². The maximum absolute atomic E-state index is 12.5. The summed E-state index contributed by atoms with van der Waals surface area (Å²) in [6, 6.07) is 2.40. The molecule has 1 aliphatic carbocycles. The van der Waals surface area contributed by atoms with Gasteiger partial charge in [0, 0.05) is 34.1 Å². The number of hydrogen-bond donors (Lipinski definition) is 2. The smallest absolute Gasteiger partial charge is 0.241 e. The second-order valence-corrected chi connectivity index (χ2v) is 9.81. The molecule has 0 spiro atoms. The number of hydrogen-bond acceptors (Lipinski definition) is 5. The Bertz CT molecular complexity index is 565. The molecular weight excluding hydrogens is 324 g/mol. The Morgan fingerprint density at radius 3 is 2.81 bits per heavy atom. The molecule has 0 aromatic carbocycles. The van der Waals surface area contributed by atoms with Gasteiger partial charge in [0.1, 0.15) is 0 Å². The number of aryl methyl sites for hydroxylation is 1. The topological polar surface area (TPSA) is 58.2 Å². The van der Waals surface area contributed by atoms with Crippen molar-refractivity contribution in [3.8, 4) is 0 Å². The number of thiophene rings is 1. The Kier molecular flexibility index (Phi) is 6.14. The fourth-order valence-corrected chi connectivity index (χ4v) is 5.68. The third-order valence-electron chi connectivity index (χ3n) is 3.28. The van der Waals surface area contributed by atoms with Crippen LogP contribution >= 0.6 is 23.1 Å². The molecule has 1 aromatic rings. The van der Waals surface area contributed by atoms with E-state index in [-0.39, 0.29) is 6.04 Å². The standard InChI is InChI=1S/C14H24N2O2S3/c1-4-19-9-10(2)16-21(17,18)14-7-13(20-11(14)3)8-15-12-5-6-12/h7,10,12,15-16H,4-6,8-9H2,1-3H3. The van der Waals surface area contributed by atoms with Crippen molar-refractivity contribution < 1.29 is 8.42 Å². The fraction of sp³-hybridized carbons (Fsp3) is 0.714. The zero-order chi connectivity index (χ0) is 15.5. The van der Waals surface area contributed by atoms with E-state index in [4.69, 9.17) is 0 Å². The predicted octanol–water partition coefficient (Wildman–Crippen LogP) is 2.73. The van der Waals surface area contributed by atoms with E-state index in [0.717, 1.165) is 27.8 Å². The highest BCUT2D eigenvalue weighted by Gasteiger charge is 2.24. The molecule has 1 atom stereocenters. The van der Waals surface area contributed by atoms with Gasteiger partial charge in [-0.25, -0.2) is 13.1 Å². The monoisotopic (exact) mass is 348 g/mol. The third kappa shape index (κ3) is 5.25. The molecule has 2 N–H and O–H groups in total. The van der Waals surface area contributed by atoms with E-state index in [9.17, 15) is 8.42 Å². The van der Waals surface area contributed by atoms with Crippen LogP contribution in [0, 0.1) is 6.92 Å². The van der Waals surface area contributed by atoms with Gasteiger partial charge in [0.05, 0.1) is 4.90 Å². The summed E-state index contributed by atoms with van der Waals surface area (Å²) in [7, 11) is -3.40. The summed E-state index contributed by atoms with van der Waals surface area (Å²) in [5, 5.41) is 3.43. The average Bonchev–Trinajstić information content (AvgIpc) is 3.15. The lowest BCUT2D eigenvalue weighted by Crippen LogP contribution is -2.34. The van der Waals surface area contributed by atoms with Crippen LogP contribution in [0.25, 0.3) is 0 Å². The Morgan fingerprint density at radius 1 is 1.48 bits per heavy atom. The summed E-state index contributed by atoms with van der Waals surface area (Å²) in [5.74, 6) is 1.80. The van der Waals surface area contributed by atoms with Crippen LogP contribution in [0.15, 0.2) is 11.0 Å². The molecule has 1 saturated carbocycles. The summed E-state index contributed by atoms with van der Waals surface area (Å²) < 4.78 is 27.7. The van der Waals surface area contributed by atoms with Crippen LogP contribution in [-0.2, 0) is 16.6 Å². The summed E-state index contributed by atoms with van der Waals surface area (Å²) in [5.41, 5.74) is 0. The van der Waals surface area contributed by atoms with E-state index in [2.05, 4.69) is 17.0 Å². The van der Waals surface area contributed by atoms with Gasteiger partial charge in [-0.2, -0.15) is 11.8 Å². The molecule has 4 nitrogen and oxygen atoms in total. The number of rotatable bonds is 9. The highest BCUT2D eigenvalue weighted by molar-refractivity contribution is 7.99. The molecule has 2 rings (SSSR count). The third-order valence-corrected chi connectivity index (χ3v) is 7.32. The zero-order valence-corrected chi connectivity index (χ0v) is 15.3. The van der Waals surface area contributed by atoms with Crippen LogP contribution in [0.2, 0.25) is 0 Å². The van der Waals surface area contributed by atoms with E-state index in [0.29, 0.717) is 10.9 Å². The number of nitrogens with one attached hydrogen (secondary N) is 2. The molecule has 0 saturated heterocycles. The lowest BCUT2D eigenvalue weighted by Gasteiger charge is -2.13. The molecule has 0 radical (unpaired) electrons. The highest BCUT2D eigenvalue weighted by atomic mass is 32.2. The van der Waals surface area contributed by atoms with E-state index >= 15 is 0 Å². The van der Waals surface area contributed by atoms with Crippen LogP contribution in [0.3, 0.4) is 0 Å². The molecule has 1 heterocycles. The van der Waals surface area contributed by atoms with Crippen molar-refractivity contribution in [2.45, 2.75) is 57.1 Å². The van der Waals surface area contributed by atoms with Gasteiger partial charge in [-0.3, -0.25) is 0 Å². The van der Waals surface area contributed by atoms with Crippen molar-refractivity contribution in [2.24, 2.45) is 0 Å². The molecular formula is C14H24N2O2S3. The first-order valence-corrected chi connectivity index (χ1v) is 10.8.